The van der Waals surface area contributed by atoms with Gasteiger partial charge >= 0.3 is 11.9 Å². The Kier molecular flexibility index (Phi) is 10.5. The Bertz CT molecular complexity index is 232. The second-order valence-corrected chi connectivity index (χ2v) is 4.50. The SMILES string of the molecule is CC[C@@H](C)[C@@H](N)C(=O)O.CC[C@@H](C)[C@@H](N)C(=O)O. The largest absolute Gasteiger partial charge is 0.480 e. The molecule has 0 radical (unpaired) electrons. The van der Waals surface area contributed by atoms with Crippen LogP contribution >= 0.6 is 0 Å². The minimum Gasteiger partial charge on any atom is -0.480 e. The van der Waals surface area contributed by atoms with Crippen LogP contribution in [0.4, 0.5) is 0 Å². The Balaban J connectivity index is 0. The minimum atomic E-state index is -0.913. The van der Waals surface area contributed by atoms with E-state index in [2.05, 4.69) is 0 Å². The molecule has 0 unspecified atom stereocenters. The predicted molar refractivity (Wildman–Crippen MR) is 70.1 cm³/mol. The van der Waals surface area contributed by atoms with Crippen molar-refractivity contribution < 1.29 is 19.8 Å². The number of carbonyl (C=O) groups is 2. The summed E-state index contributed by atoms with van der Waals surface area (Å²) < 4.78 is 0. The minimum absolute atomic E-state index is 0.0718. The van der Waals surface area contributed by atoms with Crippen molar-refractivity contribution >= 4 is 11.9 Å². The van der Waals surface area contributed by atoms with Crippen molar-refractivity contribution in [2.45, 2.75) is 52.6 Å². The highest BCUT2D eigenvalue weighted by atomic mass is 16.4. The molecule has 6 nitrogen and oxygen atoms in total. The molecular formula is C12H26N2O4. The Morgan fingerprint density at radius 2 is 1.11 bits per heavy atom. The molecule has 0 rings (SSSR count). The maximum absolute atomic E-state index is 10.2. The summed E-state index contributed by atoms with van der Waals surface area (Å²) in [6.45, 7) is 7.51. The molecule has 0 spiro atoms. The van der Waals surface area contributed by atoms with Crippen LogP contribution in [0.25, 0.3) is 0 Å². The van der Waals surface area contributed by atoms with E-state index in [1.807, 2.05) is 27.7 Å². The summed E-state index contributed by atoms with van der Waals surface area (Å²) in [5.41, 5.74) is 10.5. The molecule has 0 aliphatic carbocycles. The molecule has 0 aromatic rings. The standard InChI is InChI=1S/2C6H13NO2/c2*1-3-4(2)5(7)6(8)9/h2*4-5H,3,7H2,1-2H3,(H,8,9)/t2*4-,5-/m11/s1. The molecule has 0 aromatic carbocycles. The van der Waals surface area contributed by atoms with Crippen LogP contribution < -0.4 is 11.5 Å². The fraction of sp³-hybridized carbons (Fsp3) is 0.833. The quantitative estimate of drug-likeness (QED) is 0.563. The molecule has 108 valence electrons. The summed E-state index contributed by atoms with van der Waals surface area (Å²) in [4.78, 5) is 20.3. The van der Waals surface area contributed by atoms with E-state index in [-0.39, 0.29) is 11.8 Å². The van der Waals surface area contributed by atoms with Gasteiger partial charge in [0.15, 0.2) is 0 Å². The van der Waals surface area contributed by atoms with Crippen molar-refractivity contribution in [1.82, 2.24) is 0 Å². The van der Waals surface area contributed by atoms with E-state index in [1.54, 1.807) is 0 Å². The molecule has 0 fully saturated rings. The Morgan fingerprint density at radius 3 is 1.17 bits per heavy atom. The van der Waals surface area contributed by atoms with E-state index >= 15 is 0 Å². The van der Waals surface area contributed by atoms with Crippen molar-refractivity contribution in [2.24, 2.45) is 23.3 Å². The third-order valence-corrected chi connectivity index (χ3v) is 3.08. The fourth-order valence-corrected chi connectivity index (χ4v) is 0.995. The van der Waals surface area contributed by atoms with Gasteiger partial charge in [0.1, 0.15) is 12.1 Å². The molecule has 0 aromatic heterocycles. The molecule has 0 bridgehead atoms. The zero-order valence-corrected chi connectivity index (χ0v) is 11.6. The van der Waals surface area contributed by atoms with Crippen molar-refractivity contribution in [3.8, 4) is 0 Å². The van der Waals surface area contributed by atoms with Gasteiger partial charge < -0.3 is 21.7 Å². The lowest BCUT2D eigenvalue weighted by Gasteiger charge is -2.11. The molecule has 6 heteroatoms. The number of carboxylic acids is 2. The average molecular weight is 262 g/mol. The number of nitrogens with two attached hydrogens (primary N) is 2. The predicted octanol–water partition coefficient (Wildman–Crippen LogP) is 0.889. The van der Waals surface area contributed by atoms with Crippen molar-refractivity contribution in [3.05, 3.63) is 0 Å². The van der Waals surface area contributed by atoms with Gasteiger partial charge in [-0.1, -0.05) is 40.5 Å². The van der Waals surface area contributed by atoms with Crippen LogP contribution in [0.5, 0.6) is 0 Å². The Hall–Kier alpha value is -1.14. The van der Waals surface area contributed by atoms with E-state index in [9.17, 15) is 9.59 Å². The lowest BCUT2D eigenvalue weighted by molar-refractivity contribution is -0.140. The maximum Gasteiger partial charge on any atom is 0.320 e. The van der Waals surface area contributed by atoms with Crippen molar-refractivity contribution in [1.29, 1.82) is 0 Å². The topological polar surface area (TPSA) is 127 Å². The molecule has 0 amide bonds. The van der Waals surface area contributed by atoms with Crippen LogP contribution in [-0.4, -0.2) is 34.2 Å². The lowest BCUT2D eigenvalue weighted by atomic mass is 10.0. The first-order chi connectivity index (χ1) is 8.18. The van der Waals surface area contributed by atoms with Crippen LogP contribution in [0.15, 0.2) is 0 Å². The highest BCUT2D eigenvalue weighted by Gasteiger charge is 2.17. The second-order valence-electron chi connectivity index (χ2n) is 4.50. The Labute approximate surface area is 108 Å². The Morgan fingerprint density at radius 1 is 0.889 bits per heavy atom. The van der Waals surface area contributed by atoms with Gasteiger partial charge in [0.2, 0.25) is 0 Å². The summed E-state index contributed by atoms with van der Waals surface area (Å²) in [7, 11) is 0. The van der Waals surface area contributed by atoms with E-state index < -0.39 is 24.0 Å². The summed E-state index contributed by atoms with van der Waals surface area (Å²) in [5, 5.41) is 16.7. The van der Waals surface area contributed by atoms with Crippen LogP contribution in [0.3, 0.4) is 0 Å². The first-order valence-corrected chi connectivity index (χ1v) is 6.15. The second kappa shape index (κ2) is 9.85. The first-order valence-electron chi connectivity index (χ1n) is 6.15. The van der Waals surface area contributed by atoms with Crippen molar-refractivity contribution in [3.63, 3.8) is 0 Å². The van der Waals surface area contributed by atoms with Gasteiger partial charge in [-0.05, 0) is 11.8 Å². The molecule has 0 saturated heterocycles. The number of hydrogen-bond acceptors (Lipinski definition) is 4. The lowest BCUT2D eigenvalue weighted by Crippen LogP contribution is -2.36. The maximum atomic E-state index is 10.2. The van der Waals surface area contributed by atoms with Gasteiger partial charge in [-0.15, -0.1) is 0 Å². The van der Waals surface area contributed by atoms with E-state index in [4.69, 9.17) is 21.7 Å². The molecule has 0 heterocycles. The highest BCUT2D eigenvalue weighted by Crippen LogP contribution is 2.04. The molecule has 0 aliphatic heterocycles. The third kappa shape index (κ3) is 8.03. The zero-order chi connectivity index (χ0) is 14.9. The van der Waals surface area contributed by atoms with Crippen LogP contribution in [0.2, 0.25) is 0 Å². The summed E-state index contributed by atoms with van der Waals surface area (Å²) in [6.07, 6.45) is 1.63. The van der Waals surface area contributed by atoms with Gasteiger partial charge in [0.05, 0.1) is 0 Å². The molecule has 0 aliphatic rings. The van der Waals surface area contributed by atoms with E-state index in [0.29, 0.717) is 0 Å². The van der Waals surface area contributed by atoms with Gasteiger partial charge in [-0.3, -0.25) is 9.59 Å². The summed E-state index contributed by atoms with van der Waals surface area (Å²) in [5.74, 6) is -1.68. The van der Waals surface area contributed by atoms with Crippen molar-refractivity contribution in [2.75, 3.05) is 0 Å². The molecule has 6 N–H and O–H groups in total. The normalized spacial score (nSPS) is 16.8. The zero-order valence-electron chi connectivity index (χ0n) is 11.6. The molecule has 18 heavy (non-hydrogen) atoms. The number of aliphatic carboxylic acids is 2. The molecule has 0 saturated carbocycles. The first kappa shape index (κ1) is 19.2. The monoisotopic (exact) mass is 262 g/mol. The highest BCUT2D eigenvalue weighted by molar-refractivity contribution is 5.73. The third-order valence-electron chi connectivity index (χ3n) is 3.08. The summed E-state index contributed by atoms with van der Waals surface area (Å²) in [6, 6.07) is -1.40. The van der Waals surface area contributed by atoms with E-state index in [0.717, 1.165) is 12.8 Å². The smallest absolute Gasteiger partial charge is 0.320 e. The number of hydrogen-bond donors (Lipinski definition) is 4. The molecular weight excluding hydrogens is 236 g/mol. The fourth-order valence-electron chi connectivity index (χ4n) is 0.995. The van der Waals surface area contributed by atoms with Gasteiger partial charge in [0, 0.05) is 0 Å². The number of rotatable bonds is 6. The van der Waals surface area contributed by atoms with Gasteiger partial charge in [-0.2, -0.15) is 0 Å². The van der Waals surface area contributed by atoms with Crippen LogP contribution in [0.1, 0.15) is 40.5 Å². The molecule has 4 atom stereocenters. The summed E-state index contributed by atoms with van der Waals surface area (Å²) >= 11 is 0. The van der Waals surface area contributed by atoms with Gasteiger partial charge in [0.25, 0.3) is 0 Å². The van der Waals surface area contributed by atoms with Gasteiger partial charge in [-0.25, -0.2) is 0 Å². The van der Waals surface area contributed by atoms with Crippen LogP contribution in [0, 0.1) is 11.8 Å². The van der Waals surface area contributed by atoms with Crippen LogP contribution in [-0.2, 0) is 9.59 Å². The van der Waals surface area contributed by atoms with E-state index in [1.165, 1.54) is 0 Å². The number of carboxylic acid groups (broad SMARTS) is 2. The average Bonchev–Trinajstić information content (AvgIpc) is 2.35.